The van der Waals surface area contributed by atoms with Gasteiger partial charge in [-0.3, -0.25) is 4.79 Å². The summed E-state index contributed by atoms with van der Waals surface area (Å²) in [5, 5.41) is 2.90. The third-order valence-corrected chi connectivity index (χ3v) is 2.70. The van der Waals surface area contributed by atoms with Crippen LogP contribution < -0.4 is 11.1 Å². The molecule has 1 heterocycles. The van der Waals surface area contributed by atoms with Gasteiger partial charge in [0.2, 0.25) is 0 Å². The van der Waals surface area contributed by atoms with Crippen LogP contribution in [0.15, 0.2) is 11.4 Å². The Morgan fingerprint density at radius 1 is 1.37 bits per heavy atom. The van der Waals surface area contributed by atoms with Crippen molar-refractivity contribution in [2.45, 2.75) is 12.7 Å². The number of esters is 1. The molecule has 0 aromatic carbocycles. The molecule has 1 aromatic heterocycles. The molecule has 0 atom stereocenters. The summed E-state index contributed by atoms with van der Waals surface area (Å²) in [5.41, 5.74) is 4.58. The van der Waals surface area contributed by atoms with E-state index in [9.17, 15) is 27.6 Å². The second kappa shape index (κ2) is 5.69. The van der Waals surface area contributed by atoms with Crippen LogP contribution in [0.1, 0.15) is 15.2 Å². The summed E-state index contributed by atoms with van der Waals surface area (Å²) < 4.78 is 39.8. The molecule has 0 radical (unpaired) electrons. The number of nitrogens with two attached hydrogens (primary N) is 1. The Labute approximate surface area is 108 Å². The number of carbonyl (C=O) groups excluding carboxylic acids is 3. The molecule has 0 unspecified atom stereocenters. The maximum atomic E-state index is 11.9. The summed E-state index contributed by atoms with van der Waals surface area (Å²) in [6.07, 6.45) is -6.26. The minimum atomic E-state index is -4.97. The highest BCUT2D eigenvalue weighted by atomic mass is 32.1. The fourth-order valence-corrected chi connectivity index (χ4v) is 1.79. The molecule has 3 N–H and O–H groups in total. The highest BCUT2D eigenvalue weighted by molar-refractivity contribution is 7.10. The van der Waals surface area contributed by atoms with E-state index in [1.807, 2.05) is 0 Å². The van der Waals surface area contributed by atoms with Gasteiger partial charge in [0.05, 0.1) is 12.1 Å². The number of hydrogen-bond acceptors (Lipinski definition) is 5. The predicted molar refractivity (Wildman–Crippen MR) is 57.2 cm³/mol. The molecular formula is C9H7F3N2O4S. The van der Waals surface area contributed by atoms with E-state index >= 15 is 0 Å². The second-order valence-electron chi connectivity index (χ2n) is 3.19. The van der Waals surface area contributed by atoms with Gasteiger partial charge in [0.1, 0.15) is 0 Å². The number of hydrogen-bond donors (Lipinski definition) is 2. The zero-order chi connectivity index (χ0) is 14.6. The zero-order valence-corrected chi connectivity index (χ0v) is 9.93. The molecule has 0 saturated heterocycles. The topological polar surface area (TPSA) is 98.5 Å². The summed E-state index contributed by atoms with van der Waals surface area (Å²) in [7, 11) is 0. The van der Waals surface area contributed by atoms with Crippen molar-refractivity contribution in [3.8, 4) is 0 Å². The number of halogens is 3. The first-order valence-electron chi connectivity index (χ1n) is 4.64. The van der Waals surface area contributed by atoms with Crippen LogP contribution in [0.4, 0.5) is 18.0 Å². The molecule has 0 bridgehead atoms. The summed E-state index contributed by atoms with van der Waals surface area (Å²) in [6.45, 7) is -0.396. The number of thiophene rings is 1. The molecule has 0 fully saturated rings. The molecule has 19 heavy (non-hydrogen) atoms. The van der Waals surface area contributed by atoms with E-state index in [2.05, 4.69) is 10.5 Å². The van der Waals surface area contributed by atoms with Crippen LogP contribution in [0.3, 0.4) is 0 Å². The summed E-state index contributed by atoms with van der Waals surface area (Å²) in [5.74, 6) is -3.10. The van der Waals surface area contributed by atoms with E-state index in [1.54, 1.807) is 5.32 Å². The third kappa shape index (κ3) is 4.58. The first kappa shape index (κ1) is 15.0. The van der Waals surface area contributed by atoms with Crippen molar-refractivity contribution in [2.75, 3.05) is 0 Å². The molecular weight excluding hydrogens is 289 g/mol. The SMILES string of the molecule is NC(=O)OC(=O)c1csc(CNC(=O)C(F)(F)F)c1. The van der Waals surface area contributed by atoms with Gasteiger partial charge in [-0.1, -0.05) is 0 Å². The number of ether oxygens (including phenoxy) is 1. The highest BCUT2D eigenvalue weighted by Crippen LogP contribution is 2.18. The fraction of sp³-hybridized carbons (Fsp3) is 0.222. The number of carbonyl (C=O) groups is 3. The van der Waals surface area contributed by atoms with Crippen molar-refractivity contribution in [1.82, 2.24) is 5.32 Å². The van der Waals surface area contributed by atoms with Gasteiger partial charge in [0.15, 0.2) is 0 Å². The number of nitrogens with one attached hydrogen (secondary N) is 1. The standard InChI is InChI=1S/C9H7F3N2O4S/c10-9(11,12)7(16)14-2-5-1-4(3-19-5)6(15)18-8(13)17/h1,3H,2H2,(H2,13,17)(H,14,16). The first-order valence-corrected chi connectivity index (χ1v) is 5.52. The number of primary amides is 1. The Bertz CT molecular complexity index is 512. The minimum Gasteiger partial charge on any atom is -0.373 e. The van der Waals surface area contributed by atoms with Crippen LogP contribution in [0.5, 0.6) is 0 Å². The van der Waals surface area contributed by atoms with Crippen molar-refractivity contribution in [1.29, 1.82) is 0 Å². The Kier molecular flexibility index (Phi) is 4.48. The minimum absolute atomic E-state index is 0.0416. The van der Waals surface area contributed by atoms with Gasteiger partial charge in [-0.2, -0.15) is 13.2 Å². The van der Waals surface area contributed by atoms with Gasteiger partial charge in [-0.05, 0) is 6.07 Å². The van der Waals surface area contributed by atoms with E-state index < -0.39 is 30.7 Å². The van der Waals surface area contributed by atoms with E-state index in [4.69, 9.17) is 0 Å². The summed E-state index contributed by atoms with van der Waals surface area (Å²) in [6, 6.07) is 1.19. The first-order chi connectivity index (χ1) is 8.70. The van der Waals surface area contributed by atoms with Gasteiger partial charge in [0, 0.05) is 10.3 Å². The quantitative estimate of drug-likeness (QED) is 0.646. The van der Waals surface area contributed by atoms with Crippen LogP contribution in [-0.2, 0) is 16.1 Å². The fourth-order valence-electron chi connectivity index (χ4n) is 0.998. The van der Waals surface area contributed by atoms with Crippen molar-refractivity contribution < 1.29 is 32.3 Å². The monoisotopic (exact) mass is 296 g/mol. The molecule has 0 aliphatic carbocycles. The number of amides is 2. The van der Waals surface area contributed by atoms with Crippen molar-refractivity contribution in [2.24, 2.45) is 5.73 Å². The van der Waals surface area contributed by atoms with Crippen LogP contribution in [0.25, 0.3) is 0 Å². The van der Waals surface area contributed by atoms with Gasteiger partial charge in [-0.25, -0.2) is 9.59 Å². The van der Waals surface area contributed by atoms with E-state index in [0.29, 0.717) is 0 Å². The lowest BCUT2D eigenvalue weighted by atomic mass is 10.3. The van der Waals surface area contributed by atoms with Crippen LogP contribution >= 0.6 is 11.3 Å². The Hall–Kier alpha value is -2.10. The van der Waals surface area contributed by atoms with E-state index in [-0.39, 0.29) is 10.4 Å². The number of rotatable bonds is 3. The molecule has 0 aliphatic heterocycles. The average Bonchev–Trinajstić information content (AvgIpc) is 2.72. The largest absolute Gasteiger partial charge is 0.471 e. The molecule has 2 amide bonds. The average molecular weight is 296 g/mol. The summed E-state index contributed by atoms with van der Waals surface area (Å²) in [4.78, 5) is 32.3. The van der Waals surface area contributed by atoms with Crippen molar-refractivity contribution in [3.63, 3.8) is 0 Å². The molecule has 10 heteroatoms. The van der Waals surface area contributed by atoms with E-state index in [1.165, 1.54) is 11.4 Å². The summed E-state index contributed by atoms with van der Waals surface area (Å²) >= 11 is 0.923. The maximum absolute atomic E-state index is 11.9. The molecule has 0 spiro atoms. The molecule has 104 valence electrons. The van der Waals surface area contributed by atoms with Gasteiger partial charge >= 0.3 is 24.1 Å². The highest BCUT2D eigenvalue weighted by Gasteiger charge is 2.38. The van der Waals surface area contributed by atoms with Gasteiger partial charge in [0.25, 0.3) is 0 Å². The molecule has 1 aromatic rings. The zero-order valence-electron chi connectivity index (χ0n) is 9.11. The van der Waals surface area contributed by atoms with Gasteiger partial charge < -0.3 is 15.8 Å². The van der Waals surface area contributed by atoms with Crippen LogP contribution in [0, 0.1) is 0 Å². The van der Waals surface area contributed by atoms with Gasteiger partial charge in [-0.15, -0.1) is 11.3 Å². The molecule has 1 rings (SSSR count). The Morgan fingerprint density at radius 3 is 2.53 bits per heavy atom. The lowest BCUT2D eigenvalue weighted by Gasteiger charge is -2.05. The molecule has 0 aliphatic rings. The van der Waals surface area contributed by atoms with E-state index in [0.717, 1.165) is 11.3 Å². The predicted octanol–water partition coefficient (Wildman–Crippen LogP) is 1.16. The van der Waals surface area contributed by atoms with Crippen LogP contribution in [0.2, 0.25) is 0 Å². The van der Waals surface area contributed by atoms with Crippen LogP contribution in [-0.4, -0.2) is 24.1 Å². The molecule has 0 saturated carbocycles. The van der Waals surface area contributed by atoms with Crippen molar-refractivity contribution >= 4 is 29.3 Å². The normalized spacial score (nSPS) is 10.9. The lowest BCUT2D eigenvalue weighted by Crippen LogP contribution is -2.36. The Morgan fingerprint density at radius 2 is 2.00 bits per heavy atom. The Balaban J connectivity index is 2.59. The third-order valence-electron chi connectivity index (χ3n) is 1.76. The van der Waals surface area contributed by atoms with Crippen molar-refractivity contribution in [3.05, 3.63) is 21.9 Å². The molecule has 6 nitrogen and oxygen atoms in total. The smallest absolute Gasteiger partial charge is 0.373 e. The maximum Gasteiger partial charge on any atom is 0.471 e. The second-order valence-corrected chi connectivity index (χ2v) is 4.19. The number of alkyl halides is 3. The lowest BCUT2D eigenvalue weighted by molar-refractivity contribution is -0.173.